The van der Waals surface area contributed by atoms with E-state index >= 15 is 0 Å². The molecule has 0 aliphatic carbocycles. The zero-order valence-corrected chi connectivity index (χ0v) is 25.0. The molecule has 1 radical (unpaired) electrons. The van der Waals surface area contributed by atoms with Gasteiger partial charge in [-0.15, -0.1) is 24.4 Å². The maximum atomic E-state index is 6.69. The predicted octanol–water partition coefficient (Wildman–Crippen LogP) is 9.72. The van der Waals surface area contributed by atoms with Crippen molar-refractivity contribution in [2.75, 3.05) is 9.80 Å². The Morgan fingerprint density at radius 2 is 0.895 bits per heavy atom. The van der Waals surface area contributed by atoms with Gasteiger partial charge in [0.25, 0.3) is 0 Å². The van der Waals surface area contributed by atoms with Gasteiger partial charge in [-0.05, 0) is 58.3 Å². The van der Waals surface area contributed by atoms with Crippen LogP contribution in [0.4, 0.5) is 11.4 Å². The minimum atomic E-state index is 0. The van der Waals surface area contributed by atoms with Gasteiger partial charge in [0.1, 0.15) is 0 Å². The molecule has 1 aliphatic heterocycles. The fraction of sp³-hybridized carbons (Fsp3) is 0.343. The van der Waals surface area contributed by atoms with Gasteiger partial charge in [0.05, 0.1) is 0 Å². The number of hydrogen-bond acceptors (Lipinski definition) is 2. The van der Waals surface area contributed by atoms with Crippen LogP contribution in [-0.2, 0) is 17.1 Å². The van der Waals surface area contributed by atoms with Gasteiger partial charge >= 0.3 is 17.1 Å². The van der Waals surface area contributed by atoms with Crippen LogP contribution in [0.15, 0.2) is 79.1 Å². The van der Waals surface area contributed by atoms with E-state index in [4.69, 9.17) is 6.42 Å². The summed E-state index contributed by atoms with van der Waals surface area (Å²) in [6, 6.07) is 22.9. The van der Waals surface area contributed by atoms with Crippen molar-refractivity contribution in [1.29, 1.82) is 0 Å². The molecule has 0 saturated heterocycles. The molecule has 38 heavy (non-hydrogen) atoms. The molecule has 3 aromatic carbocycles. The number of nitrogens with zero attached hydrogens (tertiary/aromatic N) is 2. The summed E-state index contributed by atoms with van der Waals surface area (Å²) in [7, 11) is 0. The summed E-state index contributed by atoms with van der Waals surface area (Å²) in [6.45, 7) is 20.5. The second kappa shape index (κ2) is 14.3. The number of anilines is 2. The quantitative estimate of drug-likeness (QED) is 0.170. The van der Waals surface area contributed by atoms with Crippen LogP contribution in [0.25, 0.3) is 0 Å². The monoisotopic (exact) mass is 553 g/mol. The molecule has 0 N–H and O–H groups in total. The SMILES string of the molecule is CC(C)c1cccc(C(C)C)c1N1C=CN(c2c(C(C)C)cccc2C(C)C)[CH-]1.[C-]#Cc1ccccc1.[Cu+2]. The van der Waals surface area contributed by atoms with Crippen LogP contribution in [0.1, 0.15) is 107 Å². The maximum Gasteiger partial charge on any atom is 2.00 e. The molecule has 4 rings (SSSR count). The molecule has 0 amide bonds. The molecule has 0 saturated carbocycles. The van der Waals surface area contributed by atoms with Crippen LogP contribution in [0.5, 0.6) is 0 Å². The largest absolute Gasteiger partial charge is 2.00 e. The number of para-hydroxylation sites is 2. The summed E-state index contributed by atoms with van der Waals surface area (Å²) in [5.74, 6) is 4.20. The third-order valence-electron chi connectivity index (χ3n) is 6.76. The average Bonchev–Trinajstić information content (AvgIpc) is 3.38. The van der Waals surface area contributed by atoms with Crippen molar-refractivity contribution in [2.24, 2.45) is 0 Å². The summed E-state index contributed by atoms with van der Waals surface area (Å²) in [4.78, 5) is 4.65. The smallest absolute Gasteiger partial charge is 0.479 e. The van der Waals surface area contributed by atoms with E-state index in [0.717, 1.165) is 5.56 Å². The molecule has 0 unspecified atom stereocenters. The summed E-state index contributed by atoms with van der Waals surface area (Å²) in [5, 5.41) is 0. The van der Waals surface area contributed by atoms with Crippen LogP contribution in [-0.4, -0.2) is 0 Å². The molecule has 0 aromatic heterocycles. The van der Waals surface area contributed by atoms with Gasteiger partial charge in [-0.3, -0.25) is 5.92 Å². The first-order valence-electron chi connectivity index (χ1n) is 13.5. The minimum Gasteiger partial charge on any atom is -0.479 e. The Bertz CT molecular complexity index is 1110. The second-order valence-electron chi connectivity index (χ2n) is 10.9. The van der Waals surface area contributed by atoms with Crippen LogP contribution in [0.2, 0.25) is 0 Å². The van der Waals surface area contributed by atoms with Crippen molar-refractivity contribution in [2.45, 2.75) is 79.1 Å². The summed E-state index contributed by atoms with van der Waals surface area (Å²) < 4.78 is 0. The molecule has 2 nitrogen and oxygen atoms in total. The molecule has 0 bridgehead atoms. The second-order valence-corrected chi connectivity index (χ2v) is 10.9. The molecular formula is C35H42CuN2. The summed E-state index contributed by atoms with van der Waals surface area (Å²) in [6.07, 6.45) is 11.1. The molecule has 0 fully saturated rings. The fourth-order valence-corrected chi connectivity index (χ4v) is 4.76. The maximum absolute atomic E-state index is 6.69. The van der Waals surface area contributed by atoms with Crippen LogP contribution in [0, 0.1) is 19.0 Å². The topological polar surface area (TPSA) is 6.48 Å². The van der Waals surface area contributed by atoms with E-state index in [1.165, 1.54) is 33.6 Å². The van der Waals surface area contributed by atoms with Crippen LogP contribution in [0.3, 0.4) is 0 Å². The molecular weight excluding hydrogens is 512 g/mol. The van der Waals surface area contributed by atoms with E-state index in [2.05, 4.69) is 127 Å². The summed E-state index contributed by atoms with van der Waals surface area (Å²) in [5.41, 5.74) is 9.11. The third kappa shape index (κ3) is 7.34. The molecule has 1 aliphatic rings. The van der Waals surface area contributed by atoms with E-state index in [1.54, 1.807) is 0 Å². The normalized spacial score (nSPS) is 12.6. The molecule has 203 valence electrons. The number of rotatable bonds is 6. The Balaban J connectivity index is 0.000000482. The van der Waals surface area contributed by atoms with Gasteiger partial charge in [-0.1, -0.05) is 110 Å². The average molecular weight is 554 g/mol. The van der Waals surface area contributed by atoms with E-state index in [-0.39, 0.29) is 17.1 Å². The van der Waals surface area contributed by atoms with Crippen molar-refractivity contribution in [3.05, 3.63) is 120 Å². The molecule has 0 spiro atoms. The van der Waals surface area contributed by atoms with Gasteiger partial charge in [0.2, 0.25) is 0 Å². The zero-order chi connectivity index (χ0) is 27.1. The number of hydrogen-bond donors (Lipinski definition) is 0. The van der Waals surface area contributed by atoms with Gasteiger partial charge in [0.15, 0.2) is 0 Å². The van der Waals surface area contributed by atoms with Crippen molar-refractivity contribution in [3.8, 4) is 5.92 Å². The van der Waals surface area contributed by atoms with Gasteiger partial charge < -0.3 is 16.2 Å². The Hall–Kier alpha value is -2.92. The van der Waals surface area contributed by atoms with Crippen LogP contribution >= 0.6 is 0 Å². The fourth-order valence-electron chi connectivity index (χ4n) is 4.76. The predicted molar refractivity (Wildman–Crippen MR) is 160 cm³/mol. The van der Waals surface area contributed by atoms with Gasteiger partial charge in [0, 0.05) is 11.4 Å². The molecule has 1 heterocycles. The van der Waals surface area contributed by atoms with E-state index in [9.17, 15) is 0 Å². The zero-order valence-electron chi connectivity index (χ0n) is 24.1. The van der Waals surface area contributed by atoms with Crippen molar-refractivity contribution >= 4 is 11.4 Å². The van der Waals surface area contributed by atoms with E-state index < -0.39 is 0 Å². The first kappa shape index (κ1) is 31.3. The van der Waals surface area contributed by atoms with Gasteiger partial charge in [-0.2, -0.15) is 0 Å². The van der Waals surface area contributed by atoms with Crippen molar-refractivity contribution < 1.29 is 17.1 Å². The van der Waals surface area contributed by atoms with Crippen molar-refractivity contribution in [3.63, 3.8) is 0 Å². The first-order chi connectivity index (χ1) is 17.6. The van der Waals surface area contributed by atoms with Gasteiger partial charge in [-0.25, -0.2) is 0 Å². The van der Waals surface area contributed by atoms with E-state index in [0.29, 0.717) is 23.7 Å². The Kier molecular flexibility index (Phi) is 11.8. The third-order valence-corrected chi connectivity index (χ3v) is 6.76. The standard InChI is InChI=1S/C27H37N2.C8H5.Cu/c1-18(2)22-11-9-12-23(19(3)4)26(22)28-15-16-29(17-28)27-24(20(5)6)13-10-14-25(27)21(7)8;1-2-8-6-4-3-5-7-8;/h9-21H,1-8H3;3-7H;/q2*-1;+2. The molecule has 3 aromatic rings. The number of benzene rings is 3. The summed E-state index contributed by atoms with van der Waals surface area (Å²) >= 11 is 0. The Morgan fingerprint density at radius 1 is 0.553 bits per heavy atom. The Morgan fingerprint density at radius 3 is 1.16 bits per heavy atom. The molecule has 3 heteroatoms. The van der Waals surface area contributed by atoms with Crippen LogP contribution < -0.4 is 9.80 Å². The first-order valence-corrected chi connectivity index (χ1v) is 13.5. The molecule has 0 atom stereocenters. The van der Waals surface area contributed by atoms with Crippen molar-refractivity contribution in [1.82, 2.24) is 0 Å². The Labute approximate surface area is 242 Å². The minimum absolute atomic E-state index is 0. The van der Waals surface area contributed by atoms with E-state index in [1.807, 2.05) is 30.3 Å².